The summed E-state index contributed by atoms with van der Waals surface area (Å²) in [6, 6.07) is 16.1. The van der Waals surface area contributed by atoms with Crippen molar-refractivity contribution in [1.82, 2.24) is 8.87 Å². The van der Waals surface area contributed by atoms with E-state index in [4.69, 9.17) is 10.5 Å². The minimum absolute atomic E-state index is 0.146. The van der Waals surface area contributed by atoms with E-state index in [9.17, 15) is 9.59 Å². The van der Waals surface area contributed by atoms with E-state index in [1.165, 1.54) is 0 Å². The van der Waals surface area contributed by atoms with Gasteiger partial charge in [-0.2, -0.15) is 0 Å². The van der Waals surface area contributed by atoms with Gasteiger partial charge in [0.25, 0.3) is 0 Å². The average Bonchev–Trinajstić information content (AvgIpc) is 3.28. The Hall–Kier alpha value is -2.77. The molecule has 3 aromatic rings. The zero-order chi connectivity index (χ0) is 19.7. The Morgan fingerprint density at radius 3 is 2.68 bits per heavy atom. The highest BCUT2D eigenvalue weighted by Crippen LogP contribution is 2.29. The predicted octanol–water partition coefficient (Wildman–Crippen LogP) is 3.36. The average molecular weight is 395 g/mol. The van der Waals surface area contributed by atoms with Gasteiger partial charge < -0.3 is 10.5 Å². The van der Waals surface area contributed by atoms with Crippen LogP contribution in [0, 0.1) is 0 Å². The van der Waals surface area contributed by atoms with E-state index in [0.29, 0.717) is 6.42 Å². The van der Waals surface area contributed by atoms with Gasteiger partial charge in [0.15, 0.2) is 0 Å². The van der Waals surface area contributed by atoms with Crippen LogP contribution in [0.1, 0.15) is 17.2 Å². The monoisotopic (exact) mass is 395 g/mol. The maximum Gasteiger partial charge on any atom is 0.417 e. The topological polar surface area (TPSA) is 77.6 Å². The molecule has 2 amide bonds. The van der Waals surface area contributed by atoms with Crippen LogP contribution in [-0.2, 0) is 16.0 Å². The first-order valence-corrected chi connectivity index (χ1v) is 10.2. The maximum absolute atomic E-state index is 13.0. The van der Waals surface area contributed by atoms with Crippen molar-refractivity contribution in [3.8, 4) is 0 Å². The molecule has 0 spiro atoms. The number of nitrogens with zero attached hydrogens (tertiary/aromatic N) is 2. The number of imide groups is 1. The first-order chi connectivity index (χ1) is 13.6. The Kier molecular flexibility index (Phi) is 5.11. The molecule has 0 radical (unpaired) electrons. The number of rotatable bonds is 5. The lowest BCUT2D eigenvalue weighted by molar-refractivity contribution is -0.130. The van der Waals surface area contributed by atoms with Crippen LogP contribution in [0.3, 0.4) is 0 Å². The van der Waals surface area contributed by atoms with E-state index in [1.54, 1.807) is 11.9 Å². The molecule has 0 aliphatic carbocycles. The fourth-order valence-electron chi connectivity index (χ4n) is 3.62. The molecule has 6 nitrogen and oxygen atoms in total. The van der Waals surface area contributed by atoms with Crippen LogP contribution >= 0.6 is 11.9 Å². The van der Waals surface area contributed by atoms with Crippen LogP contribution in [0.25, 0.3) is 10.9 Å². The van der Waals surface area contributed by atoms with Crippen molar-refractivity contribution in [3.63, 3.8) is 0 Å². The number of fused-ring (bicyclic) bond motifs is 1. The van der Waals surface area contributed by atoms with Crippen molar-refractivity contribution < 1.29 is 14.3 Å². The second-order valence-electron chi connectivity index (χ2n) is 6.70. The van der Waals surface area contributed by atoms with Crippen molar-refractivity contribution in [2.45, 2.75) is 18.5 Å². The summed E-state index contributed by atoms with van der Waals surface area (Å²) in [7, 11) is 0. The predicted molar refractivity (Wildman–Crippen MR) is 110 cm³/mol. The van der Waals surface area contributed by atoms with E-state index < -0.39 is 24.1 Å². The maximum atomic E-state index is 13.0. The number of carbonyl (C=O) groups is 2. The summed E-state index contributed by atoms with van der Waals surface area (Å²) in [5, 5.41) is 1.06. The van der Waals surface area contributed by atoms with Crippen molar-refractivity contribution >= 4 is 34.9 Å². The largest absolute Gasteiger partial charge is 0.446 e. The lowest BCUT2D eigenvalue weighted by Crippen LogP contribution is -2.46. The molecule has 1 aliphatic rings. The van der Waals surface area contributed by atoms with Gasteiger partial charge in [0.2, 0.25) is 5.91 Å². The van der Waals surface area contributed by atoms with Crippen molar-refractivity contribution in [2.75, 3.05) is 12.9 Å². The molecule has 1 saturated heterocycles. The van der Waals surface area contributed by atoms with Crippen LogP contribution in [-0.4, -0.2) is 39.8 Å². The van der Waals surface area contributed by atoms with Crippen molar-refractivity contribution in [1.29, 1.82) is 0 Å². The minimum atomic E-state index is -0.835. The van der Waals surface area contributed by atoms with Gasteiger partial charge in [-0.3, -0.25) is 8.77 Å². The number of ether oxygens (including phenoxy) is 1. The van der Waals surface area contributed by atoms with Crippen LogP contribution in [0.5, 0.6) is 0 Å². The molecule has 1 aliphatic heterocycles. The number of benzene rings is 2. The molecule has 28 heavy (non-hydrogen) atoms. The second kappa shape index (κ2) is 7.69. The Labute approximate surface area is 167 Å². The summed E-state index contributed by atoms with van der Waals surface area (Å²) in [6.07, 6.45) is 3.70. The molecular weight excluding hydrogens is 374 g/mol. The lowest BCUT2D eigenvalue weighted by Gasteiger charge is -2.23. The Balaban J connectivity index is 1.59. The molecule has 1 fully saturated rings. The van der Waals surface area contributed by atoms with E-state index in [-0.39, 0.29) is 6.61 Å². The highest BCUT2D eigenvalue weighted by molar-refractivity contribution is 7.97. The molecule has 2 heterocycles. The molecule has 7 heteroatoms. The van der Waals surface area contributed by atoms with Gasteiger partial charge in [0.05, 0.1) is 11.6 Å². The number of nitrogens with two attached hydrogens (primary N) is 1. The quantitative estimate of drug-likeness (QED) is 0.717. The van der Waals surface area contributed by atoms with Gasteiger partial charge in [-0.05, 0) is 35.6 Å². The van der Waals surface area contributed by atoms with Gasteiger partial charge >= 0.3 is 6.09 Å². The molecule has 144 valence electrons. The van der Waals surface area contributed by atoms with Gasteiger partial charge in [0, 0.05) is 17.8 Å². The van der Waals surface area contributed by atoms with Crippen molar-refractivity contribution in [3.05, 3.63) is 71.9 Å². The van der Waals surface area contributed by atoms with Gasteiger partial charge in [-0.15, -0.1) is 0 Å². The molecule has 2 unspecified atom stereocenters. The summed E-state index contributed by atoms with van der Waals surface area (Å²) in [5.41, 5.74) is 9.17. The van der Waals surface area contributed by atoms with E-state index in [2.05, 4.69) is 3.97 Å². The standard InChI is InChI=1S/C21H21N3O3S/c1-28-23-12-15(16-9-5-6-10-18(16)23)11-17(22)20(25)24-19(13-27-21(24)26)14-7-3-2-4-8-14/h2-10,12,17,19H,11,13,22H2,1H3. The number of carbonyl (C=O) groups excluding carboxylic acids is 2. The Bertz CT molecular complexity index is 1020. The van der Waals surface area contributed by atoms with Gasteiger partial charge in [-0.25, -0.2) is 9.69 Å². The fraction of sp³-hybridized carbons (Fsp3) is 0.238. The number of hydrogen-bond acceptors (Lipinski definition) is 5. The summed E-state index contributed by atoms with van der Waals surface area (Å²) < 4.78 is 7.20. The summed E-state index contributed by atoms with van der Waals surface area (Å²) in [6.45, 7) is 0.146. The summed E-state index contributed by atoms with van der Waals surface area (Å²) >= 11 is 1.58. The number of para-hydroxylation sites is 1. The Morgan fingerprint density at radius 1 is 1.21 bits per heavy atom. The summed E-state index contributed by atoms with van der Waals surface area (Å²) in [4.78, 5) is 26.4. The van der Waals surface area contributed by atoms with Crippen LogP contribution in [0.4, 0.5) is 4.79 Å². The summed E-state index contributed by atoms with van der Waals surface area (Å²) in [5.74, 6) is -0.419. The van der Waals surface area contributed by atoms with Crippen LogP contribution in [0.2, 0.25) is 0 Å². The molecule has 0 saturated carbocycles. The molecule has 0 bridgehead atoms. The Morgan fingerprint density at radius 2 is 1.93 bits per heavy atom. The smallest absolute Gasteiger partial charge is 0.417 e. The third-order valence-electron chi connectivity index (χ3n) is 5.01. The first-order valence-electron chi connectivity index (χ1n) is 9.04. The van der Waals surface area contributed by atoms with E-state index in [1.807, 2.05) is 67.0 Å². The van der Waals surface area contributed by atoms with E-state index >= 15 is 0 Å². The second-order valence-corrected chi connectivity index (χ2v) is 7.46. The molecule has 4 rings (SSSR count). The fourth-order valence-corrected chi connectivity index (χ4v) is 4.21. The number of hydrogen-bond donors (Lipinski definition) is 1. The molecular formula is C21H21N3O3S. The van der Waals surface area contributed by atoms with Crippen LogP contribution in [0.15, 0.2) is 60.8 Å². The number of aromatic nitrogens is 1. The molecule has 2 atom stereocenters. The van der Waals surface area contributed by atoms with Gasteiger partial charge in [0.1, 0.15) is 12.6 Å². The third kappa shape index (κ3) is 3.27. The van der Waals surface area contributed by atoms with Crippen molar-refractivity contribution in [2.24, 2.45) is 5.73 Å². The van der Waals surface area contributed by atoms with E-state index in [0.717, 1.165) is 26.9 Å². The third-order valence-corrected chi connectivity index (χ3v) is 5.70. The number of amides is 2. The SMILES string of the molecule is CSn1cc(CC(N)C(=O)N2C(=O)OCC2c2ccccc2)c2ccccc21. The lowest BCUT2D eigenvalue weighted by atomic mass is 10.0. The van der Waals surface area contributed by atoms with Crippen LogP contribution < -0.4 is 5.73 Å². The highest BCUT2D eigenvalue weighted by Gasteiger charge is 2.40. The molecule has 2 aromatic carbocycles. The molecule has 1 aromatic heterocycles. The normalized spacial score (nSPS) is 17.7. The zero-order valence-electron chi connectivity index (χ0n) is 15.4. The van der Waals surface area contributed by atoms with Gasteiger partial charge in [-0.1, -0.05) is 48.5 Å². The zero-order valence-corrected chi connectivity index (χ0v) is 16.3. The first kappa shape index (κ1) is 18.6. The number of cyclic esters (lactones) is 1. The minimum Gasteiger partial charge on any atom is -0.446 e. The highest BCUT2D eigenvalue weighted by atomic mass is 32.2. The molecule has 2 N–H and O–H groups in total.